The molecule has 0 bridgehead atoms. The molecule has 96 valence electrons. The maximum atomic E-state index is 5.27. The standard InChI is InChI=1S/C11H25N3O2/c1-15-10-11(16-2)9-13-5-8-14-6-3-12-4-7-14/h11-13H,3-10H2,1-2H3. The Hall–Kier alpha value is -0.200. The average molecular weight is 231 g/mol. The number of methoxy groups -OCH3 is 2. The monoisotopic (exact) mass is 231 g/mol. The van der Waals surface area contributed by atoms with Crippen molar-refractivity contribution in [2.24, 2.45) is 0 Å². The van der Waals surface area contributed by atoms with E-state index in [0.717, 1.165) is 45.8 Å². The molecule has 1 fully saturated rings. The van der Waals surface area contributed by atoms with Gasteiger partial charge in [0, 0.05) is 60.0 Å². The minimum absolute atomic E-state index is 0.160. The van der Waals surface area contributed by atoms with Gasteiger partial charge in [0.1, 0.15) is 0 Å². The minimum atomic E-state index is 0.160. The Morgan fingerprint density at radius 1 is 1.31 bits per heavy atom. The summed E-state index contributed by atoms with van der Waals surface area (Å²) >= 11 is 0. The molecule has 1 atom stereocenters. The van der Waals surface area contributed by atoms with Gasteiger partial charge < -0.3 is 20.1 Å². The Morgan fingerprint density at radius 2 is 2.06 bits per heavy atom. The van der Waals surface area contributed by atoms with Gasteiger partial charge in [0.2, 0.25) is 0 Å². The van der Waals surface area contributed by atoms with Crippen molar-refractivity contribution in [1.29, 1.82) is 0 Å². The number of rotatable bonds is 8. The van der Waals surface area contributed by atoms with Gasteiger partial charge in [-0.1, -0.05) is 0 Å². The molecule has 1 rings (SSSR count). The number of hydrogen-bond donors (Lipinski definition) is 2. The fourth-order valence-corrected chi connectivity index (χ4v) is 1.83. The van der Waals surface area contributed by atoms with E-state index in [2.05, 4.69) is 15.5 Å². The summed E-state index contributed by atoms with van der Waals surface area (Å²) < 4.78 is 10.3. The van der Waals surface area contributed by atoms with Crippen molar-refractivity contribution in [3.63, 3.8) is 0 Å². The van der Waals surface area contributed by atoms with E-state index in [9.17, 15) is 0 Å². The zero-order valence-corrected chi connectivity index (χ0v) is 10.5. The maximum Gasteiger partial charge on any atom is 0.0928 e. The first-order valence-corrected chi connectivity index (χ1v) is 6.02. The van der Waals surface area contributed by atoms with Crippen LogP contribution in [0.15, 0.2) is 0 Å². The molecule has 5 nitrogen and oxygen atoms in total. The largest absolute Gasteiger partial charge is 0.382 e. The molecule has 0 aromatic carbocycles. The highest BCUT2D eigenvalue weighted by molar-refractivity contribution is 4.69. The molecule has 5 heteroatoms. The Morgan fingerprint density at radius 3 is 2.69 bits per heavy atom. The highest BCUT2D eigenvalue weighted by Gasteiger charge is 2.09. The highest BCUT2D eigenvalue weighted by atomic mass is 16.5. The molecule has 16 heavy (non-hydrogen) atoms. The summed E-state index contributed by atoms with van der Waals surface area (Å²) in [4.78, 5) is 2.47. The number of hydrogen-bond acceptors (Lipinski definition) is 5. The first-order chi connectivity index (χ1) is 7.86. The lowest BCUT2D eigenvalue weighted by Crippen LogP contribution is -2.46. The molecular weight excluding hydrogens is 206 g/mol. The van der Waals surface area contributed by atoms with Crippen molar-refractivity contribution in [3.05, 3.63) is 0 Å². The Kier molecular flexibility index (Phi) is 7.71. The van der Waals surface area contributed by atoms with Crippen LogP contribution < -0.4 is 10.6 Å². The first kappa shape index (κ1) is 13.9. The van der Waals surface area contributed by atoms with Crippen LogP contribution in [0.5, 0.6) is 0 Å². The SMILES string of the molecule is COCC(CNCCN1CCNCC1)OC. The minimum Gasteiger partial charge on any atom is -0.382 e. The van der Waals surface area contributed by atoms with E-state index in [4.69, 9.17) is 9.47 Å². The van der Waals surface area contributed by atoms with Crippen molar-refractivity contribution < 1.29 is 9.47 Å². The zero-order valence-electron chi connectivity index (χ0n) is 10.5. The van der Waals surface area contributed by atoms with E-state index in [0.29, 0.717) is 6.61 Å². The summed E-state index contributed by atoms with van der Waals surface area (Å²) in [5.41, 5.74) is 0. The smallest absolute Gasteiger partial charge is 0.0928 e. The lowest BCUT2D eigenvalue weighted by Gasteiger charge is -2.27. The lowest BCUT2D eigenvalue weighted by atomic mass is 10.3. The van der Waals surface area contributed by atoms with Crippen LogP contribution in [-0.2, 0) is 9.47 Å². The predicted octanol–water partition coefficient (Wildman–Crippen LogP) is -0.857. The fourth-order valence-electron chi connectivity index (χ4n) is 1.83. The molecule has 0 amide bonds. The van der Waals surface area contributed by atoms with E-state index >= 15 is 0 Å². The van der Waals surface area contributed by atoms with Gasteiger partial charge in [-0.05, 0) is 0 Å². The molecule has 1 aliphatic heterocycles. The van der Waals surface area contributed by atoms with E-state index in [1.165, 1.54) is 0 Å². The van der Waals surface area contributed by atoms with Gasteiger partial charge in [0.25, 0.3) is 0 Å². The van der Waals surface area contributed by atoms with Crippen LogP contribution in [0.3, 0.4) is 0 Å². The van der Waals surface area contributed by atoms with Crippen molar-refractivity contribution >= 4 is 0 Å². The molecule has 1 aliphatic rings. The number of nitrogens with one attached hydrogen (secondary N) is 2. The zero-order chi connectivity index (χ0) is 11.6. The fraction of sp³-hybridized carbons (Fsp3) is 1.00. The number of ether oxygens (including phenoxy) is 2. The summed E-state index contributed by atoms with van der Waals surface area (Å²) in [6.07, 6.45) is 0.160. The molecule has 1 saturated heterocycles. The summed E-state index contributed by atoms with van der Waals surface area (Å²) in [7, 11) is 3.43. The van der Waals surface area contributed by atoms with Gasteiger partial charge in [-0.25, -0.2) is 0 Å². The summed E-state index contributed by atoms with van der Waals surface area (Å²) in [6, 6.07) is 0. The lowest BCUT2D eigenvalue weighted by molar-refractivity contribution is 0.0287. The van der Waals surface area contributed by atoms with E-state index < -0.39 is 0 Å². The van der Waals surface area contributed by atoms with Crippen LogP contribution in [0.25, 0.3) is 0 Å². The Bertz CT molecular complexity index is 157. The van der Waals surface area contributed by atoms with Crippen molar-refractivity contribution in [2.75, 3.05) is 66.6 Å². The van der Waals surface area contributed by atoms with Crippen molar-refractivity contribution in [2.45, 2.75) is 6.10 Å². The molecule has 0 aromatic rings. The summed E-state index contributed by atoms with van der Waals surface area (Å²) in [5, 5.41) is 6.75. The normalized spacial score (nSPS) is 19.9. The van der Waals surface area contributed by atoms with Crippen LogP contribution in [0.4, 0.5) is 0 Å². The molecule has 1 heterocycles. The summed E-state index contributed by atoms with van der Waals surface area (Å²) in [6.45, 7) is 8.19. The van der Waals surface area contributed by atoms with E-state index in [1.54, 1.807) is 14.2 Å². The van der Waals surface area contributed by atoms with Gasteiger partial charge >= 0.3 is 0 Å². The Balaban J connectivity index is 1.97. The molecule has 0 saturated carbocycles. The molecule has 0 aliphatic carbocycles. The van der Waals surface area contributed by atoms with Crippen LogP contribution in [0.2, 0.25) is 0 Å². The van der Waals surface area contributed by atoms with Gasteiger partial charge in [-0.15, -0.1) is 0 Å². The summed E-state index contributed by atoms with van der Waals surface area (Å²) in [5.74, 6) is 0. The Labute approximate surface area is 98.5 Å². The average Bonchev–Trinajstić information content (AvgIpc) is 2.34. The maximum absolute atomic E-state index is 5.27. The third-order valence-electron chi connectivity index (χ3n) is 2.87. The quantitative estimate of drug-likeness (QED) is 0.533. The molecule has 1 unspecified atom stereocenters. The van der Waals surface area contributed by atoms with Crippen LogP contribution in [-0.4, -0.2) is 77.6 Å². The molecule has 0 aromatic heterocycles. The molecule has 2 N–H and O–H groups in total. The highest BCUT2D eigenvalue weighted by Crippen LogP contribution is 1.91. The van der Waals surface area contributed by atoms with Crippen molar-refractivity contribution in [3.8, 4) is 0 Å². The van der Waals surface area contributed by atoms with Gasteiger partial charge in [0.15, 0.2) is 0 Å². The van der Waals surface area contributed by atoms with Crippen LogP contribution in [0, 0.1) is 0 Å². The van der Waals surface area contributed by atoms with Gasteiger partial charge in [-0.2, -0.15) is 0 Å². The number of piperazine rings is 1. The van der Waals surface area contributed by atoms with Gasteiger partial charge in [0.05, 0.1) is 12.7 Å². The van der Waals surface area contributed by atoms with E-state index in [1.807, 2.05) is 0 Å². The second-order valence-electron chi connectivity index (χ2n) is 4.11. The van der Waals surface area contributed by atoms with Crippen molar-refractivity contribution in [1.82, 2.24) is 15.5 Å². The van der Waals surface area contributed by atoms with Crippen LogP contribution >= 0.6 is 0 Å². The van der Waals surface area contributed by atoms with E-state index in [-0.39, 0.29) is 6.10 Å². The predicted molar refractivity (Wildman–Crippen MR) is 64.9 cm³/mol. The number of nitrogens with zero attached hydrogens (tertiary/aromatic N) is 1. The van der Waals surface area contributed by atoms with Crippen LogP contribution in [0.1, 0.15) is 0 Å². The molecule has 0 spiro atoms. The molecule has 0 radical (unpaired) electrons. The second-order valence-corrected chi connectivity index (χ2v) is 4.11. The first-order valence-electron chi connectivity index (χ1n) is 6.02. The molecular formula is C11H25N3O2. The second kappa shape index (κ2) is 8.90. The third-order valence-corrected chi connectivity index (χ3v) is 2.87. The topological polar surface area (TPSA) is 45.8 Å². The van der Waals surface area contributed by atoms with Gasteiger partial charge in [-0.3, -0.25) is 4.90 Å². The third kappa shape index (κ3) is 5.77.